The average molecular weight is 550 g/mol. The monoisotopic (exact) mass is 549 g/mol. The lowest BCUT2D eigenvalue weighted by Crippen LogP contribution is -2.12. The van der Waals surface area contributed by atoms with Gasteiger partial charge in [0.25, 0.3) is 0 Å². The third kappa shape index (κ3) is 5.62. The first kappa shape index (κ1) is 26.3. The van der Waals surface area contributed by atoms with Gasteiger partial charge in [-0.3, -0.25) is 0 Å². The summed E-state index contributed by atoms with van der Waals surface area (Å²) in [6, 6.07) is 67.1. The van der Waals surface area contributed by atoms with Crippen LogP contribution in [0.5, 0.6) is 0 Å². The van der Waals surface area contributed by atoms with Crippen LogP contribution < -0.4 is 4.90 Å². The minimum atomic E-state index is 1.11. The molecule has 0 heterocycles. The highest BCUT2D eigenvalue weighted by Gasteiger charge is 2.19. The van der Waals surface area contributed by atoms with Crippen LogP contribution in [0.1, 0.15) is 0 Å². The lowest BCUT2D eigenvalue weighted by Gasteiger charge is -2.29. The van der Waals surface area contributed by atoms with Gasteiger partial charge in [0.2, 0.25) is 0 Å². The van der Waals surface area contributed by atoms with Crippen LogP contribution in [0.3, 0.4) is 0 Å². The van der Waals surface area contributed by atoms with Crippen LogP contribution in [-0.4, -0.2) is 0 Å². The zero-order valence-electron chi connectivity index (χ0n) is 23.8. The van der Waals surface area contributed by atoms with Crippen LogP contribution >= 0.6 is 0 Å². The highest BCUT2D eigenvalue weighted by atomic mass is 15.1. The molecule has 0 fully saturated rings. The molecule has 0 amide bonds. The summed E-state index contributed by atoms with van der Waals surface area (Å²) in [5, 5.41) is 0. The smallest absolute Gasteiger partial charge is 0.0546 e. The highest BCUT2D eigenvalue weighted by Crippen LogP contribution is 2.44. The highest BCUT2D eigenvalue weighted by molar-refractivity contribution is 5.92. The molecule has 0 atom stereocenters. The first-order valence-corrected chi connectivity index (χ1v) is 14.7. The molecule has 0 bridgehead atoms. The largest absolute Gasteiger partial charge is 0.310 e. The molecule has 1 heteroatoms. The summed E-state index contributed by atoms with van der Waals surface area (Å²) in [5.41, 5.74) is 12.8. The fraction of sp³-hybridized carbons (Fsp3) is 0. The second kappa shape index (κ2) is 12.1. The van der Waals surface area contributed by atoms with E-state index in [1.165, 1.54) is 44.5 Å². The van der Waals surface area contributed by atoms with Gasteiger partial charge in [0.05, 0.1) is 5.69 Å². The van der Waals surface area contributed by atoms with Gasteiger partial charge in [0.15, 0.2) is 0 Å². The van der Waals surface area contributed by atoms with Gasteiger partial charge in [0.1, 0.15) is 0 Å². The Hall–Kier alpha value is -5.66. The van der Waals surface area contributed by atoms with Gasteiger partial charge in [-0.2, -0.15) is 0 Å². The van der Waals surface area contributed by atoms with Crippen molar-refractivity contribution in [3.05, 3.63) is 188 Å². The van der Waals surface area contributed by atoms with E-state index in [-0.39, 0.29) is 0 Å². The Labute approximate surface area is 254 Å². The number of nitrogens with zero attached hydrogens (tertiary/aromatic N) is 1. The van der Waals surface area contributed by atoms with Crippen molar-refractivity contribution in [2.75, 3.05) is 4.90 Å². The quantitative estimate of drug-likeness (QED) is 0.191. The Morgan fingerprint density at radius 1 is 0.256 bits per heavy atom. The zero-order chi connectivity index (χ0) is 28.8. The molecular weight excluding hydrogens is 518 g/mol. The Morgan fingerprint density at radius 2 is 0.628 bits per heavy atom. The molecule has 7 aromatic rings. The SMILES string of the molecule is c1ccc(-c2cccc(N(c3cccc(-c4ccccc4)c3)c3cc(-c4ccccc4)ccc3-c3ccccc3)c2)cc1. The number of anilines is 3. The first-order valence-electron chi connectivity index (χ1n) is 14.7. The van der Waals surface area contributed by atoms with E-state index >= 15 is 0 Å². The summed E-state index contributed by atoms with van der Waals surface area (Å²) in [5.74, 6) is 0. The van der Waals surface area contributed by atoms with E-state index in [4.69, 9.17) is 0 Å². The molecule has 7 aromatic carbocycles. The van der Waals surface area contributed by atoms with Crippen LogP contribution in [0.25, 0.3) is 44.5 Å². The van der Waals surface area contributed by atoms with E-state index in [0.717, 1.165) is 17.1 Å². The van der Waals surface area contributed by atoms with Gasteiger partial charge in [-0.1, -0.05) is 158 Å². The van der Waals surface area contributed by atoms with Crippen molar-refractivity contribution in [3.8, 4) is 44.5 Å². The molecule has 0 N–H and O–H groups in total. The van der Waals surface area contributed by atoms with Gasteiger partial charge >= 0.3 is 0 Å². The van der Waals surface area contributed by atoms with Crippen molar-refractivity contribution in [3.63, 3.8) is 0 Å². The molecule has 0 aliphatic heterocycles. The third-order valence-corrected chi connectivity index (χ3v) is 7.85. The van der Waals surface area contributed by atoms with E-state index in [1.54, 1.807) is 0 Å². The topological polar surface area (TPSA) is 3.24 Å². The summed E-state index contributed by atoms with van der Waals surface area (Å²) >= 11 is 0. The molecule has 0 aromatic heterocycles. The van der Waals surface area contributed by atoms with Gasteiger partial charge in [0, 0.05) is 16.9 Å². The maximum atomic E-state index is 2.41. The van der Waals surface area contributed by atoms with E-state index in [2.05, 4.69) is 193 Å². The summed E-state index contributed by atoms with van der Waals surface area (Å²) in [7, 11) is 0. The summed E-state index contributed by atoms with van der Waals surface area (Å²) in [4.78, 5) is 2.41. The lowest BCUT2D eigenvalue weighted by atomic mass is 9.96. The van der Waals surface area contributed by atoms with Crippen LogP contribution in [0.15, 0.2) is 188 Å². The molecule has 0 aliphatic carbocycles. The summed E-state index contributed by atoms with van der Waals surface area (Å²) in [6.07, 6.45) is 0. The van der Waals surface area contributed by atoms with E-state index < -0.39 is 0 Å². The molecule has 0 radical (unpaired) electrons. The third-order valence-electron chi connectivity index (χ3n) is 7.85. The maximum Gasteiger partial charge on any atom is 0.0546 e. The molecule has 0 saturated heterocycles. The molecular formula is C42H31N. The molecule has 7 rings (SSSR count). The van der Waals surface area contributed by atoms with Crippen molar-refractivity contribution in [1.29, 1.82) is 0 Å². The summed E-state index contributed by atoms with van der Waals surface area (Å²) in [6.45, 7) is 0. The van der Waals surface area contributed by atoms with Crippen LogP contribution in [0.4, 0.5) is 17.1 Å². The van der Waals surface area contributed by atoms with Gasteiger partial charge < -0.3 is 4.90 Å². The Balaban J connectivity index is 1.48. The minimum absolute atomic E-state index is 1.11. The Bertz CT molecular complexity index is 1860. The zero-order valence-corrected chi connectivity index (χ0v) is 23.8. The van der Waals surface area contributed by atoms with Crippen molar-refractivity contribution in [2.24, 2.45) is 0 Å². The molecule has 0 aliphatic rings. The Morgan fingerprint density at radius 3 is 1.07 bits per heavy atom. The van der Waals surface area contributed by atoms with Gasteiger partial charge in [-0.25, -0.2) is 0 Å². The first-order chi connectivity index (χ1) is 21.3. The van der Waals surface area contributed by atoms with Crippen molar-refractivity contribution < 1.29 is 0 Å². The number of hydrogen-bond donors (Lipinski definition) is 0. The normalized spacial score (nSPS) is 10.8. The predicted molar refractivity (Wildman–Crippen MR) is 183 cm³/mol. The van der Waals surface area contributed by atoms with Crippen molar-refractivity contribution in [2.45, 2.75) is 0 Å². The molecule has 204 valence electrons. The fourth-order valence-electron chi connectivity index (χ4n) is 5.73. The summed E-state index contributed by atoms with van der Waals surface area (Å²) < 4.78 is 0. The van der Waals surface area contributed by atoms with Gasteiger partial charge in [-0.05, 0) is 69.3 Å². The van der Waals surface area contributed by atoms with Crippen molar-refractivity contribution in [1.82, 2.24) is 0 Å². The van der Waals surface area contributed by atoms with E-state index in [1.807, 2.05) is 0 Å². The molecule has 1 nitrogen and oxygen atoms in total. The number of rotatable bonds is 7. The predicted octanol–water partition coefficient (Wildman–Crippen LogP) is 11.8. The molecule has 0 saturated carbocycles. The second-order valence-corrected chi connectivity index (χ2v) is 10.6. The molecule has 43 heavy (non-hydrogen) atoms. The maximum absolute atomic E-state index is 2.41. The standard InChI is InChI=1S/C42H31N/c1-5-15-32(16-6-1)36-23-13-25-39(29-36)43(40-26-14-24-37(30-40)33-17-7-2-8-18-33)42-31-38(34-19-9-3-10-20-34)27-28-41(42)35-21-11-4-12-22-35/h1-31H. The number of benzene rings is 7. The van der Waals surface area contributed by atoms with E-state index in [0.29, 0.717) is 0 Å². The average Bonchev–Trinajstić information content (AvgIpc) is 3.10. The van der Waals surface area contributed by atoms with Crippen LogP contribution in [0.2, 0.25) is 0 Å². The Kier molecular flexibility index (Phi) is 7.36. The van der Waals surface area contributed by atoms with Crippen LogP contribution in [0, 0.1) is 0 Å². The van der Waals surface area contributed by atoms with Gasteiger partial charge in [-0.15, -0.1) is 0 Å². The fourth-order valence-corrected chi connectivity index (χ4v) is 5.73. The molecule has 0 unspecified atom stereocenters. The number of hydrogen-bond acceptors (Lipinski definition) is 1. The van der Waals surface area contributed by atoms with Crippen molar-refractivity contribution >= 4 is 17.1 Å². The molecule has 0 spiro atoms. The van der Waals surface area contributed by atoms with Crippen LogP contribution in [-0.2, 0) is 0 Å². The second-order valence-electron chi connectivity index (χ2n) is 10.6. The lowest BCUT2D eigenvalue weighted by molar-refractivity contribution is 1.28. The van der Waals surface area contributed by atoms with E-state index in [9.17, 15) is 0 Å². The minimum Gasteiger partial charge on any atom is -0.310 e.